The summed E-state index contributed by atoms with van der Waals surface area (Å²) >= 11 is 0. The first-order valence-electron chi connectivity index (χ1n) is 22.1. The minimum Gasteiger partial charge on any atom is -0.379 e. The summed E-state index contributed by atoms with van der Waals surface area (Å²) in [7, 11) is 0. The Morgan fingerprint density at radius 1 is 0.644 bits per heavy atom. The summed E-state index contributed by atoms with van der Waals surface area (Å²) in [4.78, 5) is 71.4. The normalized spacial score (nSPS) is 18.7. The molecule has 0 spiro atoms. The van der Waals surface area contributed by atoms with E-state index >= 15 is 0 Å². The molecule has 12 nitrogen and oxygen atoms in total. The zero-order chi connectivity index (χ0) is 42.6. The number of hydrogen-bond donors (Lipinski definition) is 4. The summed E-state index contributed by atoms with van der Waals surface area (Å²) < 4.78 is 10.9. The van der Waals surface area contributed by atoms with Gasteiger partial charge in [0, 0.05) is 25.9 Å². The number of epoxide rings is 1. The molecule has 326 valence electrons. The Balaban J connectivity index is 1.39. The van der Waals surface area contributed by atoms with E-state index in [1.54, 1.807) is 6.92 Å². The van der Waals surface area contributed by atoms with Crippen LogP contribution in [-0.2, 0) is 46.3 Å². The number of rotatable bonds is 27. The third kappa shape index (κ3) is 17.6. The van der Waals surface area contributed by atoms with Crippen molar-refractivity contribution in [1.82, 2.24) is 26.2 Å². The van der Waals surface area contributed by atoms with Crippen LogP contribution in [0.2, 0.25) is 0 Å². The SMILES string of the molecule is CC(C)C[C@H](NC(=O)[C@H](CCc1ccccc1)NC(=O)CCCCCCCCN1CCOCC1)C(=O)N[C@@H](Cc1ccccc1)C(=O)N[C@@H](CC(C)C)C(=O)[C@@]1(C)CO1. The van der Waals surface area contributed by atoms with Crippen molar-refractivity contribution in [2.45, 2.75) is 141 Å². The maximum Gasteiger partial charge on any atom is 0.243 e. The highest BCUT2D eigenvalue weighted by molar-refractivity contribution is 5.98. The van der Waals surface area contributed by atoms with Crippen molar-refractivity contribution in [2.24, 2.45) is 11.8 Å². The number of ketones is 1. The molecule has 4 amide bonds. The molecule has 2 aliphatic rings. The second-order valence-corrected chi connectivity index (χ2v) is 17.5. The van der Waals surface area contributed by atoms with E-state index in [9.17, 15) is 24.0 Å². The van der Waals surface area contributed by atoms with Crippen LogP contribution < -0.4 is 21.3 Å². The van der Waals surface area contributed by atoms with Crippen LogP contribution in [0.25, 0.3) is 0 Å². The van der Waals surface area contributed by atoms with E-state index in [-0.39, 0.29) is 29.9 Å². The second-order valence-electron chi connectivity index (χ2n) is 17.5. The van der Waals surface area contributed by atoms with Gasteiger partial charge in [-0.05, 0) is 75.0 Å². The molecule has 4 N–H and O–H groups in total. The van der Waals surface area contributed by atoms with Gasteiger partial charge in [-0.15, -0.1) is 0 Å². The zero-order valence-corrected chi connectivity index (χ0v) is 36.3. The second kappa shape index (κ2) is 24.8. The molecule has 0 saturated carbocycles. The quantitative estimate of drug-likeness (QED) is 0.0698. The Kier molecular flexibility index (Phi) is 20.0. The molecule has 2 aromatic rings. The average Bonchev–Trinajstić information content (AvgIpc) is 3.98. The predicted molar refractivity (Wildman–Crippen MR) is 230 cm³/mol. The molecule has 4 rings (SSSR count). The van der Waals surface area contributed by atoms with Gasteiger partial charge >= 0.3 is 0 Å². The highest BCUT2D eigenvalue weighted by atomic mass is 16.6. The molecule has 12 heteroatoms. The fourth-order valence-corrected chi connectivity index (χ4v) is 7.54. The van der Waals surface area contributed by atoms with Gasteiger partial charge in [-0.1, -0.05) is 114 Å². The lowest BCUT2D eigenvalue weighted by Crippen LogP contribution is -2.59. The summed E-state index contributed by atoms with van der Waals surface area (Å²) in [6.07, 6.45) is 8.37. The van der Waals surface area contributed by atoms with E-state index < -0.39 is 47.5 Å². The number of Topliss-reactive ketones (excluding diaryl/α,β-unsaturated/α-hetero) is 1. The van der Waals surface area contributed by atoms with Gasteiger partial charge in [-0.3, -0.25) is 28.9 Å². The number of unbranched alkanes of at least 4 members (excludes halogenated alkanes) is 5. The summed E-state index contributed by atoms with van der Waals surface area (Å²) in [6, 6.07) is 15.5. The number of hydrogen-bond acceptors (Lipinski definition) is 8. The van der Waals surface area contributed by atoms with Crippen molar-refractivity contribution in [3.8, 4) is 0 Å². The molecule has 0 unspecified atom stereocenters. The number of ether oxygens (including phenoxy) is 2. The van der Waals surface area contributed by atoms with Crippen molar-refractivity contribution in [3.63, 3.8) is 0 Å². The molecule has 0 aliphatic carbocycles. The Hall–Kier alpha value is -4.13. The first-order valence-corrected chi connectivity index (χ1v) is 22.1. The Morgan fingerprint density at radius 2 is 1.15 bits per heavy atom. The number of benzene rings is 2. The number of carbonyl (C=O) groups is 5. The number of nitrogens with zero attached hydrogens (tertiary/aromatic N) is 1. The highest BCUT2D eigenvalue weighted by Gasteiger charge is 2.50. The maximum atomic E-state index is 14.2. The largest absolute Gasteiger partial charge is 0.379 e. The van der Waals surface area contributed by atoms with Gasteiger partial charge < -0.3 is 30.7 Å². The van der Waals surface area contributed by atoms with Gasteiger partial charge in [0.1, 0.15) is 23.7 Å². The van der Waals surface area contributed by atoms with E-state index in [1.165, 1.54) is 12.8 Å². The van der Waals surface area contributed by atoms with Gasteiger partial charge in [0.15, 0.2) is 5.78 Å². The lowest BCUT2D eigenvalue weighted by Gasteiger charge is -2.28. The van der Waals surface area contributed by atoms with Crippen LogP contribution in [0.1, 0.15) is 110 Å². The standard InChI is InChI=1S/C47H71N5O7/c1-34(2)30-39(43(54)47(5)33-59-47)49-46(57)41(32-37-20-14-11-15-21-37)51-45(56)40(31-35(3)4)50-44(55)38(24-23-36-18-12-10-13-19-36)48-42(53)22-16-8-6-7-9-17-25-52-26-28-58-29-27-52/h10-15,18-21,34-35,38-41H,6-9,16-17,22-33H2,1-5H3,(H,48,53)(H,49,57)(H,50,55)(H,51,56)/t38-,39-,40-,41-,47+/m0/s1. The lowest BCUT2D eigenvalue weighted by molar-refractivity contribution is -0.135. The molecule has 0 aromatic heterocycles. The van der Waals surface area contributed by atoms with E-state index in [0.29, 0.717) is 38.7 Å². The molecule has 59 heavy (non-hydrogen) atoms. The first kappa shape index (κ1) is 47.5. The van der Waals surface area contributed by atoms with E-state index in [0.717, 1.165) is 69.7 Å². The Labute approximate surface area is 352 Å². The summed E-state index contributed by atoms with van der Waals surface area (Å²) in [5.74, 6) is -1.67. The van der Waals surface area contributed by atoms with Crippen molar-refractivity contribution < 1.29 is 33.4 Å². The maximum absolute atomic E-state index is 14.2. The van der Waals surface area contributed by atoms with Crippen molar-refractivity contribution in [1.29, 1.82) is 0 Å². The predicted octanol–water partition coefficient (Wildman–Crippen LogP) is 5.31. The average molecular weight is 818 g/mol. The van der Waals surface area contributed by atoms with Gasteiger partial charge in [0.05, 0.1) is 25.9 Å². The van der Waals surface area contributed by atoms with Crippen LogP contribution in [0.5, 0.6) is 0 Å². The summed E-state index contributed by atoms with van der Waals surface area (Å²) in [5, 5.41) is 11.8. The molecule has 2 saturated heterocycles. The molecule has 2 fully saturated rings. The smallest absolute Gasteiger partial charge is 0.243 e. The van der Waals surface area contributed by atoms with Crippen molar-refractivity contribution in [3.05, 3.63) is 71.8 Å². The fourth-order valence-electron chi connectivity index (χ4n) is 7.54. The van der Waals surface area contributed by atoms with Crippen LogP contribution in [-0.4, -0.2) is 104 Å². The summed E-state index contributed by atoms with van der Waals surface area (Å²) in [6.45, 7) is 14.7. The Morgan fingerprint density at radius 3 is 1.76 bits per heavy atom. The minimum absolute atomic E-state index is 0.0245. The van der Waals surface area contributed by atoms with Gasteiger partial charge in [0.2, 0.25) is 23.6 Å². The monoisotopic (exact) mass is 818 g/mol. The third-order valence-corrected chi connectivity index (χ3v) is 11.1. The fraction of sp³-hybridized carbons (Fsp3) is 0.638. The summed E-state index contributed by atoms with van der Waals surface area (Å²) in [5.41, 5.74) is 0.942. The molecular weight excluding hydrogens is 747 g/mol. The molecule has 2 aliphatic heterocycles. The molecular formula is C47H71N5O7. The highest BCUT2D eigenvalue weighted by Crippen LogP contribution is 2.29. The molecule has 0 bridgehead atoms. The lowest BCUT2D eigenvalue weighted by atomic mass is 9.93. The first-order chi connectivity index (χ1) is 28.3. The van der Waals surface area contributed by atoms with Crippen LogP contribution in [0.3, 0.4) is 0 Å². The van der Waals surface area contributed by atoms with Crippen molar-refractivity contribution in [2.75, 3.05) is 39.5 Å². The third-order valence-electron chi connectivity index (χ3n) is 11.1. The van der Waals surface area contributed by atoms with Gasteiger partial charge in [-0.2, -0.15) is 0 Å². The molecule has 5 atom stereocenters. The van der Waals surface area contributed by atoms with Crippen LogP contribution in [0, 0.1) is 11.8 Å². The molecule has 0 radical (unpaired) electrons. The molecule has 2 aromatic carbocycles. The Bertz CT molecular complexity index is 1590. The van der Waals surface area contributed by atoms with Crippen LogP contribution >= 0.6 is 0 Å². The molecule has 2 heterocycles. The van der Waals surface area contributed by atoms with E-state index in [2.05, 4.69) is 26.2 Å². The topological polar surface area (TPSA) is 158 Å². The number of morpholine rings is 1. The number of nitrogens with one attached hydrogen (secondary N) is 4. The zero-order valence-electron chi connectivity index (χ0n) is 36.3. The minimum atomic E-state index is -1.02. The number of aryl methyl sites for hydroxylation is 1. The van der Waals surface area contributed by atoms with Crippen molar-refractivity contribution >= 4 is 29.4 Å². The van der Waals surface area contributed by atoms with Gasteiger partial charge in [-0.25, -0.2) is 0 Å². The number of amides is 4. The van der Waals surface area contributed by atoms with Gasteiger partial charge in [0.25, 0.3) is 0 Å². The number of carbonyl (C=O) groups excluding carboxylic acids is 5. The van der Waals surface area contributed by atoms with Crippen LogP contribution in [0.15, 0.2) is 60.7 Å². The van der Waals surface area contributed by atoms with Crippen LogP contribution in [0.4, 0.5) is 0 Å². The van der Waals surface area contributed by atoms with E-state index in [1.807, 2.05) is 88.4 Å². The van der Waals surface area contributed by atoms with E-state index in [4.69, 9.17) is 9.47 Å².